The molecule has 2 heterocycles. The molecule has 2 aromatic heterocycles. The van der Waals surface area contributed by atoms with E-state index < -0.39 is 5.41 Å². The molecular formula is C61H37NOS. The zero-order valence-corrected chi connectivity index (χ0v) is 35.4. The lowest BCUT2D eigenvalue weighted by molar-refractivity contribution is 0.669. The van der Waals surface area contributed by atoms with Gasteiger partial charge in [-0.2, -0.15) is 0 Å². The van der Waals surface area contributed by atoms with Gasteiger partial charge >= 0.3 is 0 Å². The van der Waals surface area contributed by atoms with E-state index in [4.69, 9.17) is 4.42 Å². The van der Waals surface area contributed by atoms with E-state index in [1.54, 1.807) is 0 Å². The monoisotopic (exact) mass is 831 g/mol. The van der Waals surface area contributed by atoms with Crippen LogP contribution in [-0.4, -0.2) is 0 Å². The number of para-hydroxylation sites is 2. The van der Waals surface area contributed by atoms with Crippen molar-refractivity contribution in [2.24, 2.45) is 0 Å². The normalized spacial score (nSPS) is 14.6. The minimum Gasteiger partial charge on any atom is -0.456 e. The van der Waals surface area contributed by atoms with Gasteiger partial charge < -0.3 is 9.32 Å². The van der Waals surface area contributed by atoms with Crippen LogP contribution in [0.5, 0.6) is 0 Å². The molecule has 10 aromatic carbocycles. The van der Waals surface area contributed by atoms with Gasteiger partial charge in [0.1, 0.15) is 11.2 Å². The number of anilines is 3. The number of thiophene rings is 1. The Hall–Kier alpha value is -7.98. The van der Waals surface area contributed by atoms with Gasteiger partial charge in [0.25, 0.3) is 0 Å². The number of rotatable bonds is 4. The maximum absolute atomic E-state index is 6.60. The van der Waals surface area contributed by atoms with Crippen molar-refractivity contribution in [3.63, 3.8) is 0 Å². The van der Waals surface area contributed by atoms with Crippen LogP contribution in [0.3, 0.4) is 0 Å². The largest absolute Gasteiger partial charge is 0.456 e. The summed E-state index contributed by atoms with van der Waals surface area (Å²) >= 11 is 1.89. The number of fused-ring (bicyclic) bond motifs is 19. The summed E-state index contributed by atoms with van der Waals surface area (Å²) in [6, 6.07) is 83.1. The Kier molecular flexibility index (Phi) is 7.51. The van der Waals surface area contributed by atoms with E-state index in [0.717, 1.165) is 50.1 Å². The highest BCUT2D eigenvalue weighted by Crippen LogP contribution is 2.64. The van der Waals surface area contributed by atoms with Gasteiger partial charge in [-0.1, -0.05) is 170 Å². The molecule has 2 aliphatic rings. The Morgan fingerprint density at radius 2 is 0.953 bits per heavy atom. The zero-order valence-electron chi connectivity index (χ0n) is 34.6. The molecule has 298 valence electrons. The molecule has 0 radical (unpaired) electrons. The van der Waals surface area contributed by atoms with E-state index >= 15 is 0 Å². The van der Waals surface area contributed by atoms with Crippen LogP contribution in [0.2, 0.25) is 0 Å². The molecule has 2 nitrogen and oxygen atoms in total. The summed E-state index contributed by atoms with van der Waals surface area (Å²) in [5, 5.41) is 4.89. The summed E-state index contributed by atoms with van der Waals surface area (Å²) in [4.78, 5) is 2.45. The second-order valence-electron chi connectivity index (χ2n) is 17.1. The highest BCUT2D eigenvalue weighted by Gasteiger charge is 2.50. The van der Waals surface area contributed by atoms with Gasteiger partial charge in [0, 0.05) is 53.9 Å². The first-order chi connectivity index (χ1) is 31.8. The summed E-state index contributed by atoms with van der Waals surface area (Å²) in [5.74, 6) is 0. The van der Waals surface area contributed by atoms with Gasteiger partial charge in [-0.3, -0.25) is 0 Å². The van der Waals surface area contributed by atoms with E-state index in [1.165, 1.54) is 75.8 Å². The molecular weight excluding hydrogens is 795 g/mol. The molecule has 12 aromatic rings. The molecule has 1 spiro atoms. The smallest absolute Gasteiger partial charge is 0.137 e. The quantitative estimate of drug-likeness (QED) is 0.176. The Labute approximate surface area is 374 Å². The Morgan fingerprint density at radius 1 is 0.359 bits per heavy atom. The fourth-order valence-electron chi connectivity index (χ4n) is 11.3. The van der Waals surface area contributed by atoms with Crippen molar-refractivity contribution in [2.45, 2.75) is 5.41 Å². The first kappa shape index (κ1) is 35.6. The van der Waals surface area contributed by atoms with Crippen LogP contribution in [0.4, 0.5) is 17.1 Å². The lowest BCUT2D eigenvalue weighted by Crippen LogP contribution is -2.29. The van der Waals surface area contributed by atoms with Crippen LogP contribution in [0, 0.1) is 0 Å². The van der Waals surface area contributed by atoms with Crippen LogP contribution in [0.1, 0.15) is 22.3 Å². The van der Waals surface area contributed by atoms with Crippen molar-refractivity contribution in [3.05, 3.63) is 247 Å². The Bertz CT molecular complexity index is 3870. The summed E-state index contributed by atoms with van der Waals surface area (Å²) < 4.78 is 9.23. The number of hydrogen-bond donors (Lipinski definition) is 0. The third kappa shape index (κ3) is 4.85. The van der Waals surface area contributed by atoms with E-state index in [9.17, 15) is 0 Å². The van der Waals surface area contributed by atoms with E-state index in [-0.39, 0.29) is 0 Å². The molecule has 0 aliphatic heterocycles. The molecule has 3 heteroatoms. The number of furan rings is 1. The number of hydrogen-bond acceptors (Lipinski definition) is 3. The maximum Gasteiger partial charge on any atom is 0.137 e. The standard InChI is InChI=1S/C61H37NOS/c1-2-16-38(17-3-1)41-18-8-13-27-54(41)62(40-31-33-47-46-22-9-14-28-55(46)63-56(47)37-40)39-30-32-45-43-20-5-4-19-42(43)44-21-6-11-25-50(44)61(53(45)36-39)51-26-12-7-23-48(51)59-52(61)34-35-58-60(59)49-24-10-15-29-57(49)64-58/h1-37H. The molecule has 1 unspecified atom stereocenters. The summed E-state index contributed by atoms with van der Waals surface area (Å²) in [6.07, 6.45) is 0. The zero-order chi connectivity index (χ0) is 41.9. The van der Waals surface area contributed by atoms with E-state index in [0.29, 0.717) is 0 Å². The SMILES string of the molecule is c1ccc(-c2ccccc2N(c2ccc3c(c2)C2(c4ccccc4-c4ccccc4-3)c3ccccc3-c3c2ccc2sc4ccccc4c32)c2ccc3c(c2)oc2ccccc23)cc1. The molecule has 1 atom stereocenters. The first-order valence-corrected chi connectivity index (χ1v) is 22.8. The van der Waals surface area contributed by atoms with Crippen molar-refractivity contribution in [2.75, 3.05) is 4.90 Å². The second-order valence-corrected chi connectivity index (χ2v) is 18.2. The topological polar surface area (TPSA) is 16.4 Å². The average Bonchev–Trinajstić information content (AvgIpc) is 4.00. The van der Waals surface area contributed by atoms with Crippen molar-refractivity contribution in [1.82, 2.24) is 0 Å². The minimum atomic E-state index is -0.655. The molecule has 14 rings (SSSR count). The van der Waals surface area contributed by atoms with Gasteiger partial charge in [0.05, 0.1) is 11.1 Å². The van der Waals surface area contributed by atoms with Crippen LogP contribution in [-0.2, 0) is 5.41 Å². The van der Waals surface area contributed by atoms with E-state index in [2.05, 4.69) is 223 Å². The number of benzene rings is 10. The number of nitrogens with zero attached hydrogens (tertiary/aromatic N) is 1. The van der Waals surface area contributed by atoms with Crippen LogP contribution in [0.15, 0.2) is 229 Å². The van der Waals surface area contributed by atoms with Crippen LogP contribution in [0.25, 0.3) is 86.6 Å². The molecule has 0 N–H and O–H groups in total. The molecule has 0 saturated heterocycles. The predicted octanol–water partition coefficient (Wildman–Crippen LogP) is 17.1. The third-order valence-corrected chi connectivity index (χ3v) is 15.0. The van der Waals surface area contributed by atoms with Gasteiger partial charge in [-0.05, 0) is 110 Å². The Morgan fingerprint density at radius 3 is 1.78 bits per heavy atom. The van der Waals surface area contributed by atoms with Crippen molar-refractivity contribution in [3.8, 4) is 44.5 Å². The fourth-order valence-corrected chi connectivity index (χ4v) is 12.4. The van der Waals surface area contributed by atoms with Crippen LogP contribution >= 0.6 is 11.3 Å². The fraction of sp³-hybridized carbons (Fsp3) is 0.0164. The molecule has 0 amide bonds. The maximum atomic E-state index is 6.60. The van der Waals surface area contributed by atoms with Crippen molar-refractivity contribution in [1.29, 1.82) is 0 Å². The predicted molar refractivity (Wildman–Crippen MR) is 268 cm³/mol. The second kappa shape index (κ2) is 13.5. The van der Waals surface area contributed by atoms with Gasteiger partial charge in [-0.15, -0.1) is 11.3 Å². The molecule has 0 bridgehead atoms. The molecule has 64 heavy (non-hydrogen) atoms. The highest BCUT2D eigenvalue weighted by atomic mass is 32.1. The van der Waals surface area contributed by atoms with Crippen molar-refractivity contribution >= 4 is 70.5 Å². The van der Waals surface area contributed by atoms with Gasteiger partial charge in [0.15, 0.2) is 0 Å². The average molecular weight is 832 g/mol. The van der Waals surface area contributed by atoms with Gasteiger partial charge in [-0.25, -0.2) is 0 Å². The summed E-state index contributed by atoms with van der Waals surface area (Å²) in [5.41, 5.74) is 19.4. The lowest BCUT2D eigenvalue weighted by atomic mass is 9.65. The molecule has 0 fully saturated rings. The summed E-state index contributed by atoms with van der Waals surface area (Å²) in [7, 11) is 0. The van der Waals surface area contributed by atoms with Crippen LogP contribution < -0.4 is 4.90 Å². The van der Waals surface area contributed by atoms with Crippen molar-refractivity contribution < 1.29 is 4.42 Å². The minimum absolute atomic E-state index is 0.655. The molecule has 0 saturated carbocycles. The first-order valence-electron chi connectivity index (χ1n) is 22.0. The lowest BCUT2D eigenvalue weighted by Gasteiger charge is -2.36. The highest BCUT2D eigenvalue weighted by molar-refractivity contribution is 7.26. The van der Waals surface area contributed by atoms with Gasteiger partial charge in [0.2, 0.25) is 0 Å². The molecule has 2 aliphatic carbocycles. The summed E-state index contributed by atoms with van der Waals surface area (Å²) in [6.45, 7) is 0. The van der Waals surface area contributed by atoms with E-state index in [1.807, 2.05) is 17.4 Å². The third-order valence-electron chi connectivity index (χ3n) is 13.9. The Balaban J connectivity index is 1.12.